The molecule has 0 saturated carbocycles. The maximum Gasteiger partial charge on any atom is 3.00 e. The van der Waals surface area contributed by atoms with Crippen LogP contribution >= 0.6 is 0 Å². The summed E-state index contributed by atoms with van der Waals surface area (Å²) in [5.74, 6) is 0. The van der Waals surface area contributed by atoms with Gasteiger partial charge in [0.1, 0.15) is 0 Å². The average molecular weight is 520 g/mol. The molecule has 3 aliphatic heterocycles. The Bertz CT molecular complexity index is 700. The van der Waals surface area contributed by atoms with Gasteiger partial charge in [-0.2, -0.15) is 0 Å². The van der Waals surface area contributed by atoms with E-state index in [0.29, 0.717) is 0 Å². The molecule has 0 spiro atoms. The number of hydrogen-bond acceptors (Lipinski definition) is 2. The smallest absolute Gasteiger partial charge is 0.545 e. The van der Waals surface area contributed by atoms with Gasteiger partial charge in [-0.25, -0.2) is 0 Å². The Morgan fingerprint density at radius 3 is 1.36 bits per heavy atom. The second-order valence-electron chi connectivity index (χ2n) is 7.52. The summed E-state index contributed by atoms with van der Waals surface area (Å²) in [7, 11) is 0. The number of nitrogens with zero attached hydrogens (tertiary/aromatic N) is 5. The van der Waals surface area contributed by atoms with Gasteiger partial charge in [0.2, 0.25) is 0 Å². The van der Waals surface area contributed by atoms with Crippen LogP contribution in [0, 0.1) is 11.8 Å². The molecule has 0 aliphatic carbocycles. The second-order valence-corrected chi connectivity index (χ2v) is 7.52. The first-order valence-corrected chi connectivity index (χ1v) is 7.59. The summed E-state index contributed by atoms with van der Waals surface area (Å²) in [5, 5.41) is 6.25. The fourth-order valence-corrected chi connectivity index (χ4v) is 2.34. The Kier molecular flexibility index (Phi) is 7.69. The molecule has 3 heterocycles. The Morgan fingerprint density at radius 1 is 0.840 bits per heavy atom. The number of hydrogen-bond donors (Lipinski definition) is 0. The van der Waals surface area contributed by atoms with Crippen LogP contribution in [-0.2, 0) is 36.0 Å². The molecule has 0 atom stereocenters. The van der Waals surface area contributed by atoms with Gasteiger partial charge in [0.25, 0.3) is 0 Å². The molecule has 0 bridgehead atoms. The molecule has 0 radical (unpaired) electrons. The van der Waals surface area contributed by atoms with Crippen molar-refractivity contribution in [2.24, 2.45) is 0 Å². The van der Waals surface area contributed by atoms with Crippen LogP contribution in [0.3, 0.4) is 0 Å². The zero-order valence-electron chi connectivity index (χ0n) is 15.5. The Balaban J connectivity index is 0.00000108. The van der Waals surface area contributed by atoms with E-state index in [9.17, 15) is 0 Å². The maximum absolute atomic E-state index is 7.75. The molecule has 3 rings (SSSR count). The first-order chi connectivity index (χ1) is 11.2. The van der Waals surface area contributed by atoms with Crippen molar-refractivity contribution in [2.75, 3.05) is 0 Å². The fourth-order valence-electron chi connectivity index (χ4n) is 2.34. The molecule has 0 unspecified atom stereocenters. The molecular weight excluding hydrogens is 494 g/mol. The minimum absolute atomic E-state index is 0. The van der Waals surface area contributed by atoms with Gasteiger partial charge >= 0.3 is 20.1 Å². The van der Waals surface area contributed by atoms with Gasteiger partial charge in [-0.1, -0.05) is 11.4 Å². The molecule has 0 amide bonds. The minimum atomic E-state index is 0. The molecule has 138 valence electrons. The minimum Gasteiger partial charge on any atom is -0.545 e. The number of fused-ring (bicyclic) bond motifs is 3. The van der Waals surface area contributed by atoms with Crippen LogP contribution < -0.4 is 0 Å². The van der Waals surface area contributed by atoms with Crippen LogP contribution in [0.25, 0.3) is 11.4 Å². The van der Waals surface area contributed by atoms with E-state index < -0.39 is 0 Å². The van der Waals surface area contributed by atoms with E-state index in [4.69, 9.17) is 16.6 Å². The largest absolute Gasteiger partial charge is 3.00 e. The van der Waals surface area contributed by atoms with E-state index in [-0.39, 0.29) is 31.2 Å². The summed E-state index contributed by atoms with van der Waals surface area (Å²) < 4.78 is 8.90. The van der Waals surface area contributed by atoms with Gasteiger partial charge in [-0.05, 0) is 54.2 Å². The fraction of sp³-hybridized carbons (Fsp3) is 0.444. The zero-order valence-corrected chi connectivity index (χ0v) is 17.9. The molecule has 3 aliphatic rings. The van der Waals surface area contributed by atoms with Crippen molar-refractivity contribution < 1.29 is 24.9 Å². The third-order valence-corrected chi connectivity index (χ3v) is 3.75. The van der Waals surface area contributed by atoms with Crippen LogP contribution in [0.1, 0.15) is 41.5 Å². The molecule has 0 saturated heterocycles. The zero-order chi connectivity index (χ0) is 18.7. The first kappa shape index (κ1) is 23.0. The molecule has 0 N–H and O–H groups in total. The van der Waals surface area contributed by atoms with E-state index in [1.165, 1.54) is 11.4 Å². The second kappa shape index (κ2) is 8.37. The first-order valence-electron chi connectivity index (χ1n) is 7.59. The van der Waals surface area contributed by atoms with Crippen molar-refractivity contribution in [3.63, 3.8) is 0 Å². The van der Waals surface area contributed by atoms with Crippen molar-refractivity contribution in [1.82, 2.24) is 18.5 Å². The van der Waals surface area contributed by atoms with Crippen LogP contribution in [0.15, 0.2) is 37.2 Å². The third kappa shape index (κ3) is 4.74. The molecule has 0 aromatic carbocycles. The number of aromatic nitrogens is 4. The normalized spacial score (nSPS) is 11.0. The molecule has 25 heavy (non-hydrogen) atoms. The number of carbonyl (C=O) groups excluding carboxylic acids is 1. The molecular formula is C18H25IrN5O-. The molecule has 6 nitrogen and oxygen atoms in total. The molecule has 0 aromatic heterocycles. The average Bonchev–Trinajstić information content (AvgIpc) is 3.13. The van der Waals surface area contributed by atoms with Crippen molar-refractivity contribution in [3.05, 3.63) is 43.8 Å². The van der Waals surface area contributed by atoms with Gasteiger partial charge in [0.05, 0.1) is 0 Å². The topological polar surface area (TPSA) is 60.6 Å². The third-order valence-electron chi connectivity index (χ3n) is 3.75. The molecule has 0 fully saturated rings. The monoisotopic (exact) mass is 520 g/mol. The Morgan fingerprint density at radius 2 is 1.12 bits per heavy atom. The summed E-state index contributed by atoms with van der Waals surface area (Å²) in [5.41, 5.74) is 2.57. The molecule has 0 aromatic rings. The van der Waals surface area contributed by atoms with Crippen molar-refractivity contribution in [3.8, 4) is 11.4 Å². The standard InChI is InChI=1S/C16H24N4.CN.CHO.Ir/c1-15(2,3)17-9-13-7-8-14-10-18(16(4,5)6)12-20(14)19(13)11-17;2*1-2;/h7-12H,1-6H3;;1H;/q-2;2*-1;+3. The Hall–Kier alpha value is -2.03. The number of rotatable bonds is 0. The predicted molar refractivity (Wildman–Crippen MR) is 94.0 cm³/mol. The van der Waals surface area contributed by atoms with E-state index in [1.54, 1.807) is 0 Å². The van der Waals surface area contributed by atoms with Crippen LogP contribution in [-0.4, -0.2) is 25.3 Å². The van der Waals surface area contributed by atoms with Crippen LogP contribution in [0.4, 0.5) is 0 Å². The van der Waals surface area contributed by atoms with Gasteiger partial charge < -0.3 is 35.1 Å². The van der Waals surface area contributed by atoms with Crippen LogP contribution in [0.5, 0.6) is 0 Å². The Labute approximate surface area is 163 Å². The summed E-state index contributed by atoms with van der Waals surface area (Å²) >= 11 is 0. The predicted octanol–water partition coefficient (Wildman–Crippen LogP) is 3.64. The van der Waals surface area contributed by atoms with Gasteiger partial charge in [-0.15, -0.1) is 24.5 Å². The van der Waals surface area contributed by atoms with Gasteiger partial charge in [-0.3, -0.25) is 6.79 Å². The summed E-state index contributed by atoms with van der Waals surface area (Å²) in [6.45, 7) is 21.3. The molecule has 7 heteroatoms. The van der Waals surface area contributed by atoms with E-state index >= 15 is 0 Å². The maximum atomic E-state index is 7.75. The van der Waals surface area contributed by atoms with Crippen LogP contribution in [0.2, 0.25) is 0 Å². The quantitative estimate of drug-likeness (QED) is 0.336. The van der Waals surface area contributed by atoms with Gasteiger partial charge in [0.15, 0.2) is 0 Å². The summed E-state index contributed by atoms with van der Waals surface area (Å²) in [6.07, 6.45) is 8.71. The van der Waals surface area contributed by atoms with Crippen molar-refractivity contribution >= 4 is 6.79 Å². The summed E-state index contributed by atoms with van der Waals surface area (Å²) in [6, 6.07) is 4.34. The van der Waals surface area contributed by atoms with Crippen molar-refractivity contribution in [2.45, 2.75) is 52.6 Å². The number of imidazole rings is 2. The van der Waals surface area contributed by atoms with E-state index in [1.807, 2.05) is 0 Å². The van der Waals surface area contributed by atoms with Crippen molar-refractivity contribution in [1.29, 1.82) is 5.26 Å². The SMILES string of the molecule is CC(C)(C)n1cc2ccc3cn(C(C)(C)C)[cH-]n-3n-2[cH-]1.[C-]#N.[CH-]=O.[Ir+3]. The van der Waals surface area contributed by atoms with E-state index in [2.05, 4.69) is 104 Å². The van der Waals surface area contributed by atoms with E-state index in [0.717, 1.165) is 0 Å². The van der Waals surface area contributed by atoms with Gasteiger partial charge in [0, 0.05) is 11.1 Å². The summed E-state index contributed by atoms with van der Waals surface area (Å²) in [4.78, 5) is 7.75.